The summed E-state index contributed by atoms with van der Waals surface area (Å²) in [7, 11) is 1.88. The van der Waals surface area contributed by atoms with Crippen molar-refractivity contribution < 1.29 is 9.59 Å². The fraction of sp³-hybridized carbons (Fsp3) is 0.579. The number of likely N-dealkylation sites (N-methyl/N-ethyl adjacent to an activating group) is 1. The molecular weight excluding hydrogens is 352 g/mol. The number of rotatable bonds is 5. The molecule has 0 aromatic heterocycles. The van der Waals surface area contributed by atoms with Crippen molar-refractivity contribution in [2.24, 2.45) is 0 Å². The predicted octanol–water partition coefficient (Wildman–Crippen LogP) is 2.79. The average Bonchev–Trinajstić information content (AvgIpc) is 3.17. The molecule has 4 rings (SSSR count). The van der Waals surface area contributed by atoms with Crippen molar-refractivity contribution in [3.05, 3.63) is 29.3 Å². The highest BCUT2D eigenvalue weighted by molar-refractivity contribution is 8.00. The molecule has 1 saturated heterocycles. The molecule has 0 spiro atoms. The van der Waals surface area contributed by atoms with Gasteiger partial charge in [-0.15, -0.1) is 23.5 Å². The van der Waals surface area contributed by atoms with Gasteiger partial charge in [0.05, 0.1) is 11.6 Å². The third-order valence-electron chi connectivity index (χ3n) is 5.36. The van der Waals surface area contributed by atoms with Gasteiger partial charge in [0, 0.05) is 23.7 Å². The minimum absolute atomic E-state index is 0.0815. The average molecular weight is 377 g/mol. The molecule has 134 valence electrons. The normalized spacial score (nSPS) is 22.1. The van der Waals surface area contributed by atoms with Crippen molar-refractivity contribution in [2.75, 3.05) is 24.4 Å². The highest BCUT2D eigenvalue weighted by atomic mass is 32.2. The maximum Gasteiger partial charge on any atom is 0.246 e. The summed E-state index contributed by atoms with van der Waals surface area (Å²) in [5.74, 6) is 1.97. The van der Waals surface area contributed by atoms with Crippen LogP contribution in [0.1, 0.15) is 30.4 Å². The topological polar surface area (TPSA) is 40.6 Å². The standard InChI is InChI=1S/C19H24N2O2S2/c1-20(15-6-7-15)19(23)17-10-24-12-21(17)18(22)11-25-16-8-5-13-3-2-4-14(13)9-16/h5,8-9,15,17H,2-4,6-7,10-12H2,1H3. The first-order valence-electron chi connectivity index (χ1n) is 9.02. The fourth-order valence-electron chi connectivity index (χ4n) is 3.64. The highest BCUT2D eigenvalue weighted by Gasteiger charge is 2.39. The summed E-state index contributed by atoms with van der Waals surface area (Å²) in [5, 5.41) is 0. The summed E-state index contributed by atoms with van der Waals surface area (Å²) in [6.07, 6.45) is 5.78. The van der Waals surface area contributed by atoms with Crippen molar-refractivity contribution in [1.29, 1.82) is 0 Å². The molecule has 1 heterocycles. The molecule has 25 heavy (non-hydrogen) atoms. The molecular formula is C19H24N2O2S2. The number of benzene rings is 1. The maximum atomic E-state index is 12.7. The van der Waals surface area contributed by atoms with E-state index in [1.807, 2.05) is 11.9 Å². The monoisotopic (exact) mass is 376 g/mol. The Morgan fingerprint density at radius 3 is 2.88 bits per heavy atom. The van der Waals surface area contributed by atoms with Gasteiger partial charge in [0.15, 0.2) is 0 Å². The Labute approximate surface area is 157 Å². The third kappa shape index (κ3) is 3.70. The van der Waals surface area contributed by atoms with Crippen LogP contribution in [0, 0.1) is 0 Å². The number of aryl methyl sites for hydroxylation is 2. The quantitative estimate of drug-likeness (QED) is 0.741. The lowest BCUT2D eigenvalue weighted by Gasteiger charge is -2.27. The Balaban J connectivity index is 1.36. The molecule has 3 aliphatic rings. The summed E-state index contributed by atoms with van der Waals surface area (Å²) in [6, 6.07) is 6.70. The number of carbonyl (C=O) groups is 2. The summed E-state index contributed by atoms with van der Waals surface area (Å²) in [4.78, 5) is 30.2. The van der Waals surface area contributed by atoms with Crippen LogP contribution in [0.25, 0.3) is 0 Å². The minimum atomic E-state index is -0.274. The molecule has 2 fully saturated rings. The molecule has 1 saturated carbocycles. The molecule has 0 bridgehead atoms. The molecule has 1 atom stereocenters. The SMILES string of the molecule is CN(C(=O)C1CSCN1C(=O)CSc1ccc2c(c1)CCC2)C1CC1. The Kier molecular flexibility index (Phi) is 5.00. The second-order valence-electron chi connectivity index (χ2n) is 7.13. The van der Waals surface area contributed by atoms with Gasteiger partial charge in [0.1, 0.15) is 6.04 Å². The zero-order valence-corrected chi connectivity index (χ0v) is 16.2. The van der Waals surface area contributed by atoms with Crippen LogP contribution in [-0.4, -0.2) is 58.1 Å². The van der Waals surface area contributed by atoms with Crippen LogP contribution in [0.5, 0.6) is 0 Å². The molecule has 1 aromatic carbocycles. The Morgan fingerprint density at radius 2 is 2.08 bits per heavy atom. The van der Waals surface area contributed by atoms with E-state index >= 15 is 0 Å². The van der Waals surface area contributed by atoms with Crippen LogP contribution in [0.15, 0.2) is 23.1 Å². The Bertz CT molecular complexity index is 690. The lowest BCUT2D eigenvalue weighted by molar-refractivity contribution is -0.141. The summed E-state index contributed by atoms with van der Waals surface area (Å²) < 4.78 is 0. The van der Waals surface area contributed by atoms with E-state index in [-0.39, 0.29) is 17.9 Å². The second kappa shape index (κ2) is 7.23. The summed E-state index contributed by atoms with van der Waals surface area (Å²) in [6.45, 7) is 0. The second-order valence-corrected chi connectivity index (χ2v) is 9.18. The van der Waals surface area contributed by atoms with Crippen LogP contribution in [-0.2, 0) is 22.4 Å². The van der Waals surface area contributed by atoms with Crippen molar-refractivity contribution in [3.8, 4) is 0 Å². The zero-order chi connectivity index (χ0) is 17.4. The molecule has 2 amide bonds. The maximum absolute atomic E-state index is 12.7. The van der Waals surface area contributed by atoms with Gasteiger partial charge in [-0.3, -0.25) is 9.59 Å². The van der Waals surface area contributed by atoms with Gasteiger partial charge in [-0.25, -0.2) is 0 Å². The van der Waals surface area contributed by atoms with Crippen molar-refractivity contribution >= 4 is 35.3 Å². The van der Waals surface area contributed by atoms with Crippen LogP contribution < -0.4 is 0 Å². The Morgan fingerprint density at radius 1 is 1.28 bits per heavy atom. The Hall–Kier alpha value is -1.14. The molecule has 1 aliphatic heterocycles. The summed E-state index contributed by atoms with van der Waals surface area (Å²) in [5.41, 5.74) is 2.90. The number of thioether (sulfide) groups is 2. The molecule has 0 N–H and O–H groups in total. The molecule has 4 nitrogen and oxygen atoms in total. The van der Waals surface area contributed by atoms with E-state index < -0.39 is 0 Å². The number of hydrogen-bond donors (Lipinski definition) is 0. The number of carbonyl (C=O) groups excluding carboxylic acids is 2. The number of amides is 2. The predicted molar refractivity (Wildman–Crippen MR) is 103 cm³/mol. The third-order valence-corrected chi connectivity index (χ3v) is 7.35. The molecule has 6 heteroatoms. The van der Waals surface area contributed by atoms with Gasteiger partial charge in [-0.1, -0.05) is 6.07 Å². The number of fused-ring (bicyclic) bond motifs is 1. The fourth-order valence-corrected chi connectivity index (χ4v) is 5.65. The van der Waals surface area contributed by atoms with Crippen molar-refractivity contribution in [1.82, 2.24) is 9.80 Å². The van der Waals surface area contributed by atoms with E-state index in [1.165, 1.54) is 28.9 Å². The number of nitrogens with zero attached hydrogens (tertiary/aromatic N) is 2. The largest absolute Gasteiger partial charge is 0.341 e. The van der Waals surface area contributed by atoms with Crippen LogP contribution in [0.4, 0.5) is 0 Å². The first-order valence-corrected chi connectivity index (χ1v) is 11.2. The smallest absolute Gasteiger partial charge is 0.246 e. The first kappa shape index (κ1) is 17.3. The van der Waals surface area contributed by atoms with Gasteiger partial charge in [0.2, 0.25) is 11.8 Å². The molecule has 1 unspecified atom stereocenters. The first-order chi connectivity index (χ1) is 12.1. The van der Waals surface area contributed by atoms with Gasteiger partial charge < -0.3 is 9.80 Å². The minimum Gasteiger partial charge on any atom is -0.341 e. The van der Waals surface area contributed by atoms with Crippen LogP contribution in [0.2, 0.25) is 0 Å². The molecule has 0 radical (unpaired) electrons. The van der Waals surface area contributed by atoms with Gasteiger partial charge in [0.25, 0.3) is 0 Å². The lowest BCUT2D eigenvalue weighted by Crippen LogP contribution is -2.48. The number of hydrogen-bond acceptors (Lipinski definition) is 4. The van der Waals surface area contributed by atoms with Gasteiger partial charge in [-0.2, -0.15) is 0 Å². The van der Waals surface area contributed by atoms with E-state index in [0.29, 0.717) is 17.7 Å². The highest BCUT2D eigenvalue weighted by Crippen LogP contribution is 2.31. The van der Waals surface area contributed by atoms with E-state index in [4.69, 9.17) is 0 Å². The van der Waals surface area contributed by atoms with E-state index in [9.17, 15) is 9.59 Å². The van der Waals surface area contributed by atoms with E-state index in [0.717, 1.165) is 25.0 Å². The zero-order valence-electron chi connectivity index (χ0n) is 14.6. The van der Waals surface area contributed by atoms with E-state index in [1.54, 1.807) is 28.4 Å². The molecule has 2 aliphatic carbocycles. The van der Waals surface area contributed by atoms with Gasteiger partial charge >= 0.3 is 0 Å². The van der Waals surface area contributed by atoms with Crippen molar-refractivity contribution in [3.63, 3.8) is 0 Å². The summed E-state index contributed by atoms with van der Waals surface area (Å²) >= 11 is 3.28. The van der Waals surface area contributed by atoms with Gasteiger partial charge in [-0.05, 0) is 55.4 Å². The lowest BCUT2D eigenvalue weighted by atomic mass is 10.1. The van der Waals surface area contributed by atoms with Crippen LogP contribution >= 0.6 is 23.5 Å². The van der Waals surface area contributed by atoms with Crippen LogP contribution in [0.3, 0.4) is 0 Å². The molecule has 1 aromatic rings. The van der Waals surface area contributed by atoms with Crippen molar-refractivity contribution in [2.45, 2.75) is 49.1 Å². The van der Waals surface area contributed by atoms with E-state index in [2.05, 4.69) is 18.2 Å².